The van der Waals surface area contributed by atoms with Crippen molar-refractivity contribution in [2.75, 3.05) is 18.0 Å². The third-order valence-corrected chi connectivity index (χ3v) is 4.10. The Morgan fingerprint density at radius 3 is 2.38 bits per heavy atom. The minimum Gasteiger partial charge on any atom is -0.364 e. The Labute approximate surface area is 134 Å². The van der Waals surface area contributed by atoms with E-state index in [2.05, 4.69) is 39.9 Å². The number of ketones is 1. The van der Waals surface area contributed by atoms with Gasteiger partial charge in [0.1, 0.15) is 0 Å². The van der Waals surface area contributed by atoms with Crippen molar-refractivity contribution in [2.24, 2.45) is 0 Å². The van der Waals surface area contributed by atoms with Gasteiger partial charge in [-0.05, 0) is 24.6 Å². The highest BCUT2D eigenvalue weighted by atomic mass is 79.9. The molecule has 0 heterocycles. The lowest BCUT2D eigenvalue weighted by molar-refractivity contribution is 0.0998. The summed E-state index contributed by atoms with van der Waals surface area (Å²) in [6.45, 7) is 3.47. The summed E-state index contributed by atoms with van der Waals surface area (Å²) < 4.78 is 0.860. The molecule has 0 aromatic heterocycles. The predicted octanol–water partition coefficient (Wildman–Crippen LogP) is 4.94. The van der Waals surface area contributed by atoms with E-state index in [1.54, 1.807) is 0 Å². The number of anilines is 1. The zero-order valence-electron chi connectivity index (χ0n) is 12.3. The molecule has 110 valence electrons. The maximum Gasteiger partial charge on any atom is 0.183 e. The van der Waals surface area contributed by atoms with Crippen molar-refractivity contribution in [3.63, 3.8) is 0 Å². The van der Waals surface area contributed by atoms with E-state index in [4.69, 9.17) is 0 Å². The fourth-order valence-electron chi connectivity index (χ4n) is 2.23. The first-order valence-electron chi connectivity index (χ1n) is 7.30. The summed E-state index contributed by atoms with van der Waals surface area (Å²) >= 11 is 3.46. The lowest BCUT2D eigenvalue weighted by atomic mass is 10.1. The van der Waals surface area contributed by atoms with E-state index in [9.17, 15) is 4.79 Å². The molecule has 2 aromatic rings. The van der Waals surface area contributed by atoms with E-state index >= 15 is 0 Å². The summed E-state index contributed by atoms with van der Waals surface area (Å²) in [6, 6.07) is 17.7. The van der Waals surface area contributed by atoms with Crippen molar-refractivity contribution in [2.45, 2.75) is 19.8 Å². The molecule has 0 saturated heterocycles. The molecule has 0 aliphatic rings. The zero-order chi connectivity index (χ0) is 15.1. The van der Waals surface area contributed by atoms with Crippen molar-refractivity contribution in [1.82, 2.24) is 0 Å². The number of rotatable bonds is 7. The number of benzene rings is 2. The van der Waals surface area contributed by atoms with E-state index < -0.39 is 0 Å². The third-order valence-electron chi connectivity index (χ3n) is 3.41. The summed E-state index contributed by atoms with van der Waals surface area (Å²) in [7, 11) is 0. The zero-order valence-corrected chi connectivity index (χ0v) is 13.8. The quantitative estimate of drug-likeness (QED) is 0.662. The Bertz CT molecular complexity index is 583. The van der Waals surface area contributed by atoms with Gasteiger partial charge >= 0.3 is 0 Å². The highest BCUT2D eigenvalue weighted by Crippen LogP contribution is 2.19. The second kappa shape index (κ2) is 7.99. The van der Waals surface area contributed by atoms with Gasteiger partial charge in [-0.1, -0.05) is 65.7 Å². The topological polar surface area (TPSA) is 20.3 Å². The summed E-state index contributed by atoms with van der Waals surface area (Å²) in [6.07, 6.45) is 2.20. The van der Waals surface area contributed by atoms with Gasteiger partial charge in [-0.25, -0.2) is 0 Å². The van der Waals surface area contributed by atoms with Gasteiger partial charge in [0.05, 0.1) is 6.54 Å². The Kier molecular flexibility index (Phi) is 6.00. The average molecular weight is 346 g/mol. The van der Waals surface area contributed by atoms with Crippen molar-refractivity contribution < 1.29 is 4.79 Å². The third kappa shape index (κ3) is 4.43. The molecule has 0 fully saturated rings. The smallest absolute Gasteiger partial charge is 0.183 e. The SMILES string of the molecule is CCCCN(CC(=O)c1ccccc1Br)c1ccccc1. The summed E-state index contributed by atoms with van der Waals surface area (Å²) in [5, 5.41) is 0. The fraction of sp³-hybridized carbons (Fsp3) is 0.278. The van der Waals surface area contributed by atoms with Gasteiger partial charge in [0.15, 0.2) is 5.78 Å². The van der Waals surface area contributed by atoms with Crippen LogP contribution in [0.25, 0.3) is 0 Å². The number of Topliss-reactive ketones (excluding diaryl/α,β-unsaturated/α-hetero) is 1. The molecule has 0 amide bonds. The van der Waals surface area contributed by atoms with E-state index in [1.165, 1.54) is 0 Å². The molecule has 0 spiro atoms. The summed E-state index contributed by atoms with van der Waals surface area (Å²) in [5.74, 6) is 0.141. The number of carbonyl (C=O) groups excluding carboxylic acids is 1. The van der Waals surface area contributed by atoms with Crippen LogP contribution in [0.4, 0.5) is 5.69 Å². The summed E-state index contributed by atoms with van der Waals surface area (Å²) in [4.78, 5) is 14.7. The van der Waals surface area contributed by atoms with Crippen LogP contribution in [0.15, 0.2) is 59.1 Å². The van der Waals surface area contributed by atoms with Crippen LogP contribution < -0.4 is 4.90 Å². The number of hydrogen-bond acceptors (Lipinski definition) is 2. The van der Waals surface area contributed by atoms with Gasteiger partial charge in [0.25, 0.3) is 0 Å². The van der Waals surface area contributed by atoms with Gasteiger partial charge in [-0.15, -0.1) is 0 Å². The van der Waals surface area contributed by atoms with Crippen LogP contribution in [0.1, 0.15) is 30.1 Å². The molecule has 0 N–H and O–H groups in total. The number of hydrogen-bond donors (Lipinski definition) is 0. The number of nitrogens with zero attached hydrogens (tertiary/aromatic N) is 1. The van der Waals surface area contributed by atoms with E-state index in [1.807, 2.05) is 42.5 Å². The monoisotopic (exact) mass is 345 g/mol. The van der Waals surface area contributed by atoms with Crippen molar-refractivity contribution in [3.05, 3.63) is 64.6 Å². The molecule has 2 rings (SSSR count). The van der Waals surface area contributed by atoms with Crippen molar-refractivity contribution >= 4 is 27.4 Å². The number of unbranched alkanes of at least 4 members (excludes halogenated alkanes) is 1. The molecule has 2 nitrogen and oxygen atoms in total. The maximum absolute atomic E-state index is 12.5. The number of carbonyl (C=O) groups is 1. The van der Waals surface area contributed by atoms with Crippen LogP contribution in [-0.4, -0.2) is 18.9 Å². The standard InChI is InChI=1S/C18H20BrNO/c1-2-3-13-20(15-9-5-4-6-10-15)14-18(21)16-11-7-8-12-17(16)19/h4-12H,2-3,13-14H2,1H3. The first kappa shape index (κ1) is 15.8. The minimum absolute atomic E-state index is 0.141. The number of halogens is 1. The predicted molar refractivity (Wildman–Crippen MR) is 92.0 cm³/mol. The van der Waals surface area contributed by atoms with Gasteiger partial charge in [-0.3, -0.25) is 4.79 Å². The van der Waals surface area contributed by atoms with Crippen molar-refractivity contribution in [3.8, 4) is 0 Å². The van der Waals surface area contributed by atoms with Gasteiger partial charge in [0.2, 0.25) is 0 Å². The molecule has 3 heteroatoms. The van der Waals surface area contributed by atoms with Crippen LogP contribution in [0.5, 0.6) is 0 Å². The minimum atomic E-state index is 0.141. The van der Waals surface area contributed by atoms with E-state index in [0.717, 1.165) is 35.1 Å². The maximum atomic E-state index is 12.5. The lowest BCUT2D eigenvalue weighted by Crippen LogP contribution is -2.31. The van der Waals surface area contributed by atoms with E-state index in [-0.39, 0.29) is 5.78 Å². The molecule has 0 bridgehead atoms. The fourth-order valence-corrected chi connectivity index (χ4v) is 2.74. The van der Waals surface area contributed by atoms with Crippen LogP contribution in [0, 0.1) is 0 Å². The average Bonchev–Trinajstić information content (AvgIpc) is 2.52. The molecular weight excluding hydrogens is 326 g/mol. The summed E-state index contributed by atoms with van der Waals surface area (Å²) in [5.41, 5.74) is 1.85. The molecular formula is C18H20BrNO. The van der Waals surface area contributed by atoms with Crippen LogP contribution in [0.2, 0.25) is 0 Å². The first-order valence-corrected chi connectivity index (χ1v) is 8.09. The lowest BCUT2D eigenvalue weighted by Gasteiger charge is -2.24. The molecule has 0 atom stereocenters. The molecule has 0 aliphatic carbocycles. The number of para-hydroxylation sites is 1. The van der Waals surface area contributed by atoms with Crippen LogP contribution in [-0.2, 0) is 0 Å². The largest absolute Gasteiger partial charge is 0.364 e. The highest BCUT2D eigenvalue weighted by molar-refractivity contribution is 9.10. The van der Waals surface area contributed by atoms with Crippen molar-refractivity contribution in [1.29, 1.82) is 0 Å². The first-order chi connectivity index (χ1) is 10.2. The van der Waals surface area contributed by atoms with E-state index in [0.29, 0.717) is 6.54 Å². The Morgan fingerprint density at radius 2 is 1.71 bits per heavy atom. The molecule has 0 radical (unpaired) electrons. The molecule has 0 saturated carbocycles. The highest BCUT2D eigenvalue weighted by Gasteiger charge is 2.14. The second-order valence-electron chi connectivity index (χ2n) is 5.01. The molecule has 21 heavy (non-hydrogen) atoms. The molecule has 0 unspecified atom stereocenters. The van der Waals surface area contributed by atoms with Crippen LogP contribution in [0.3, 0.4) is 0 Å². The van der Waals surface area contributed by atoms with Gasteiger partial charge in [0, 0.05) is 22.3 Å². The Hall–Kier alpha value is -1.61. The Balaban J connectivity index is 2.15. The molecule has 2 aromatic carbocycles. The van der Waals surface area contributed by atoms with Gasteiger partial charge < -0.3 is 4.90 Å². The Morgan fingerprint density at radius 1 is 1.05 bits per heavy atom. The second-order valence-corrected chi connectivity index (χ2v) is 5.87. The normalized spacial score (nSPS) is 10.4. The van der Waals surface area contributed by atoms with Gasteiger partial charge in [-0.2, -0.15) is 0 Å². The molecule has 0 aliphatic heterocycles. The van der Waals surface area contributed by atoms with Crippen LogP contribution >= 0.6 is 15.9 Å².